The maximum atomic E-state index is 6.14. The normalized spacial score (nSPS) is 12.6. The summed E-state index contributed by atoms with van der Waals surface area (Å²) in [5, 5.41) is 2.89. The maximum Gasteiger partial charge on any atom is 0.0541 e. The van der Waals surface area contributed by atoms with E-state index in [2.05, 4.69) is 27.4 Å². The summed E-state index contributed by atoms with van der Waals surface area (Å²) in [6.45, 7) is 0. The van der Waals surface area contributed by atoms with Crippen molar-refractivity contribution in [2.24, 2.45) is 5.73 Å². The molecule has 96 valence electrons. The zero-order valence-corrected chi connectivity index (χ0v) is 13.6. The highest BCUT2D eigenvalue weighted by atomic mass is 79.9. The van der Waals surface area contributed by atoms with Crippen molar-refractivity contribution < 1.29 is 0 Å². The molecule has 0 bridgehead atoms. The van der Waals surface area contributed by atoms with Crippen LogP contribution in [0.3, 0.4) is 0 Å². The van der Waals surface area contributed by atoms with Crippen molar-refractivity contribution in [2.75, 3.05) is 5.75 Å². The van der Waals surface area contributed by atoms with E-state index in [0.29, 0.717) is 0 Å². The number of hydrogen-bond donors (Lipinski definition) is 1. The van der Waals surface area contributed by atoms with Gasteiger partial charge in [0.2, 0.25) is 0 Å². The Hall–Kier alpha value is -0.0000000000000000833. The van der Waals surface area contributed by atoms with Gasteiger partial charge in [-0.1, -0.05) is 23.7 Å². The largest absolute Gasteiger partial charge is 0.327 e. The molecule has 2 rings (SSSR count). The Bertz CT molecular complexity index is 515. The number of nitrogens with two attached hydrogens (primary N) is 1. The van der Waals surface area contributed by atoms with Gasteiger partial charge in [0.25, 0.3) is 0 Å². The Morgan fingerprint density at radius 3 is 2.83 bits per heavy atom. The van der Waals surface area contributed by atoms with Gasteiger partial charge in [-0.25, -0.2) is 0 Å². The predicted octanol–water partition coefficient (Wildman–Crippen LogP) is 4.83. The molecule has 5 heteroatoms. The molecule has 2 N–H and O–H groups in total. The van der Waals surface area contributed by atoms with Crippen molar-refractivity contribution in [1.82, 2.24) is 0 Å². The summed E-state index contributed by atoms with van der Waals surface area (Å²) < 4.78 is 1.13. The third-order valence-electron chi connectivity index (χ3n) is 2.37. The molecule has 0 aliphatic carbocycles. The lowest BCUT2D eigenvalue weighted by molar-refractivity contribution is 0.757. The predicted molar refractivity (Wildman–Crippen MR) is 85.9 cm³/mol. The number of hydrogen-bond acceptors (Lipinski definition) is 3. The van der Waals surface area contributed by atoms with E-state index in [0.717, 1.165) is 26.6 Å². The van der Waals surface area contributed by atoms with Crippen LogP contribution in [0.25, 0.3) is 0 Å². The fourth-order valence-electron chi connectivity index (χ4n) is 1.54. The molecular weight excluding hydrogens is 350 g/mol. The van der Waals surface area contributed by atoms with Crippen molar-refractivity contribution >= 4 is 50.6 Å². The number of thioether (sulfide) groups is 1. The topological polar surface area (TPSA) is 26.0 Å². The molecule has 0 fully saturated rings. The SMILES string of the molecule is NC(CSc1ccccc1Cl)Cc1cc(Br)cs1. The maximum absolute atomic E-state index is 6.14. The van der Waals surface area contributed by atoms with E-state index in [1.54, 1.807) is 23.1 Å². The number of rotatable bonds is 5. The molecule has 1 atom stereocenters. The molecule has 0 saturated carbocycles. The monoisotopic (exact) mass is 361 g/mol. The first-order chi connectivity index (χ1) is 8.65. The summed E-state index contributed by atoms with van der Waals surface area (Å²) in [4.78, 5) is 2.41. The average molecular weight is 363 g/mol. The fourth-order valence-corrected chi connectivity index (χ4v) is 4.27. The van der Waals surface area contributed by atoms with Crippen LogP contribution in [-0.2, 0) is 6.42 Å². The summed E-state index contributed by atoms with van der Waals surface area (Å²) in [6.07, 6.45) is 0.910. The second-order valence-electron chi connectivity index (χ2n) is 3.94. The highest BCUT2D eigenvalue weighted by Gasteiger charge is 2.08. The Morgan fingerprint density at radius 1 is 1.39 bits per heavy atom. The molecule has 18 heavy (non-hydrogen) atoms. The van der Waals surface area contributed by atoms with Crippen LogP contribution in [0.5, 0.6) is 0 Å². The fraction of sp³-hybridized carbons (Fsp3) is 0.231. The zero-order chi connectivity index (χ0) is 13.0. The van der Waals surface area contributed by atoms with Gasteiger partial charge in [-0.05, 0) is 40.5 Å². The quantitative estimate of drug-likeness (QED) is 0.771. The van der Waals surface area contributed by atoms with Gasteiger partial charge < -0.3 is 5.73 Å². The van der Waals surface area contributed by atoms with Crippen LogP contribution in [-0.4, -0.2) is 11.8 Å². The van der Waals surface area contributed by atoms with Gasteiger partial charge in [-0.15, -0.1) is 23.1 Å². The lowest BCUT2D eigenvalue weighted by Crippen LogP contribution is -2.25. The van der Waals surface area contributed by atoms with E-state index in [1.807, 2.05) is 24.3 Å². The summed E-state index contributed by atoms with van der Waals surface area (Å²) >= 11 is 13.0. The van der Waals surface area contributed by atoms with Gasteiger partial charge in [0, 0.05) is 31.4 Å². The molecule has 1 nitrogen and oxygen atoms in total. The van der Waals surface area contributed by atoms with E-state index in [-0.39, 0.29) is 6.04 Å². The van der Waals surface area contributed by atoms with E-state index in [4.69, 9.17) is 17.3 Å². The van der Waals surface area contributed by atoms with Crippen LogP contribution in [0.1, 0.15) is 4.88 Å². The smallest absolute Gasteiger partial charge is 0.0541 e. The van der Waals surface area contributed by atoms with Gasteiger partial charge in [-0.2, -0.15) is 0 Å². The molecule has 1 aromatic carbocycles. The highest BCUT2D eigenvalue weighted by molar-refractivity contribution is 9.10. The van der Waals surface area contributed by atoms with Crippen LogP contribution in [0.4, 0.5) is 0 Å². The first-order valence-electron chi connectivity index (χ1n) is 5.51. The number of benzene rings is 1. The lowest BCUT2D eigenvalue weighted by atomic mass is 10.2. The molecule has 0 aliphatic heterocycles. The second kappa shape index (κ2) is 6.96. The summed E-state index contributed by atoms with van der Waals surface area (Å²) in [5.41, 5.74) is 6.14. The Morgan fingerprint density at radius 2 is 2.17 bits per heavy atom. The van der Waals surface area contributed by atoms with Crippen LogP contribution in [0.15, 0.2) is 45.1 Å². The van der Waals surface area contributed by atoms with Gasteiger partial charge in [0.15, 0.2) is 0 Å². The van der Waals surface area contributed by atoms with Crippen molar-refractivity contribution in [3.8, 4) is 0 Å². The minimum atomic E-state index is 0.150. The van der Waals surface area contributed by atoms with Crippen molar-refractivity contribution in [3.05, 3.63) is 50.1 Å². The van der Waals surface area contributed by atoms with E-state index in [1.165, 1.54) is 4.88 Å². The van der Waals surface area contributed by atoms with E-state index >= 15 is 0 Å². The van der Waals surface area contributed by atoms with E-state index in [9.17, 15) is 0 Å². The van der Waals surface area contributed by atoms with E-state index < -0.39 is 0 Å². The van der Waals surface area contributed by atoms with Crippen LogP contribution in [0, 0.1) is 0 Å². The van der Waals surface area contributed by atoms with Crippen molar-refractivity contribution in [2.45, 2.75) is 17.4 Å². The molecule has 0 radical (unpaired) electrons. The summed E-state index contributed by atoms with van der Waals surface area (Å²) in [6, 6.07) is 10.2. The third-order valence-corrected chi connectivity index (χ3v) is 5.80. The first-order valence-corrected chi connectivity index (χ1v) is 8.54. The highest BCUT2D eigenvalue weighted by Crippen LogP contribution is 2.28. The molecule has 1 aromatic heterocycles. The zero-order valence-electron chi connectivity index (χ0n) is 9.61. The number of thiophene rings is 1. The van der Waals surface area contributed by atoms with Gasteiger partial charge in [-0.3, -0.25) is 0 Å². The molecule has 0 aliphatic rings. The molecule has 2 aromatic rings. The Labute approximate surface area is 129 Å². The van der Waals surface area contributed by atoms with Crippen molar-refractivity contribution in [1.29, 1.82) is 0 Å². The molecule has 1 unspecified atom stereocenters. The number of halogens is 2. The van der Waals surface area contributed by atoms with Crippen LogP contribution >= 0.6 is 50.6 Å². The molecule has 0 spiro atoms. The van der Waals surface area contributed by atoms with Gasteiger partial charge >= 0.3 is 0 Å². The summed E-state index contributed by atoms with van der Waals surface area (Å²) in [7, 11) is 0. The third kappa shape index (κ3) is 4.28. The molecule has 1 heterocycles. The molecule has 0 amide bonds. The first kappa shape index (κ1) is 14.4. The van der Waals surface area contributed by atoms with Crippen LogP contribution in [0.2, 0.25) is 5.02 Å². The minimum Gasteiger partial charge on any atom is -0.327 e. The second-order valence-corrected chi connectivity index (χ2v) is 7.32. The lowest BCUT2D eigenvalue weighted by Gasteiger charge is -2.10. The van der Waals surface area contributed by atoms with Gasteiger partial charge in [0.1, 0.15) is 0 Å². The minimum absolute atomic E-state index is 0.150. The Balaban J connectivity index is 1.85. The molecule has 0 saturated heterocycles. The molecular formula is C13H13BrClNS2. The van der Waals surface area contributed by atoms with Gasteiger partial charge in [0.05, 0.1) is 5.02 Å². The van der Waals surface area contributed by atoms with Crippen molar-refractivity contribution in [3.63, 3.8) is 0 Å². The van der Waals surface area contributed by atoms with Crippen LogP contribution < -0.4 is 5.73 Å². The summed E-state index contributed by atoms with van der Waals surface area (Å²) in [5.74, 6) is 0.874. The standard InChI is InChI=1S/C13H13BrClNS2/c14-9-5-11(17-7-9)6-10(16)8-18-13-4-2-1-3-12(13)15/h1-5,7,10H,6,8,16H2. The Kier molecular flexibility index (Phi) is 5.57. The average Bonchev–Trinajstić information content (AvgIpc) is 2.74.